The number of carbonyl (C=O) groups excluding carboxylic acids is 1. The molecule has 2 heterocycles. The fourth-order valence-corrected chi connectivity index (χ4v) is 29.3. The van der Waals surface area contributed by atoms with Crippen LogP contribution in [0.1, 0.15) is 175 Å². The molecule has 4 bridgehead atoms. The Kier molecular flexibility index (Phi) is 14.1. The Morgan fingerprint density at radius 2 is 1.64 bits per heavy atom. The minimum atomic E-state index is -1.68. The normalized spacial score (nSPS) is 47.7. The third kappa shape index (κ3) is 7.71. The van der Waals surface area contributed by atoms with Crippen molar-refractivity contribution < 1.29 is 35.4 Å². The first-order chi connectivity index (χ1) is 38.9. The third-order valence-corrected chi connectivity index (χ3v) is 30.6. The van der Waals surface area contributed by atoms with Crippen LogP contribution in [0.3, 0.4) is 0 Å². The lowest BCUT2D eigenvalue weighted by atomic mass is 9.38. The summed E-state index contributed by atoms with van der Waals surface area (Å²) in [7, 11) is 5.93. The van der Waals surface area contributed by atoms with Crippen LogP contribution in [0.15, 0.2) is 57.7 Å². The van der Waals surface area contributed by atoms with Crippen molar-refractivity contribution in [2.45, 2.75) is 210 Å². The maximum Gasteiger partial charge on any atom is 0.190 e. The molecule has 13 nitrogen and oxygen atoms in total. The van der Waals surface area contributed by atoms with E-state index < -0.39 is 63.5 Å². The van der Waals surface area contributed by atoms with Gasteiger partial charge in [0.05, 0.1) is 36.8 Å². The van der Waals surface area contributed by atoms with Gasteiger partial charge in [0.2, 0.25) is 0 Å². The molecule has 1 aromatic rings. The van der Waals surface area contributed by atoms with Gasteiger partial charge >= 0.3 is 0 Å². The van der Waals surface area contributed by atoms with Crippen LogP contribution >= 0.6 is 21.6 Å². The van der Waals surface area contributed by atoms with E-state index in [1.807, 2.05) is 36.4 Å². The molecule has 3 spiro atoms. The van der Waals surface area contributed by atoms with Crippen LogP contribution in [0.25, 0.3) is 0 Å². The van der Waals surface area contributed by atoms with E-state index in [2.05, 4.69) is 53.0 Å². The van der Waals surface area contributed by atoms with Crippen LogP contribution in [-0.4, -0.2) is 119 Å². The number of aromatic nitrogens is 2. The summed E-state index contributed by atoms with van der Waals surface area (Å²) >= 11 is 0. The van der Waals surface area contributed by atoms with Gasteiger partial charge in [-0.1, -0.05) is 96.8 Å². The van der Waals surface area contributed by atoms with Gasteiger partial charge in [0.15, 0.2) is 11.7 Å². The van der Waals surface area contributed by atoms with Gasteiger partial charge in [-0.05, 0) is 198 Å². The first-order valence-electron chi connectivity index (χ1n) is 32.6. The number of imidazole rings is 1. The molecule has 13 aliphatic rings. The molecule has 446 valence electrons. The summed E-state index contributed by atoms with van der Waals surface area (Å²) in [5.74, 6) is -1.66. The van der Waals surface area contributed by atoms with Crippen LogP contribution in [0, 0.1) is 98.1 Å². The van der Waals surface area contributed by atoms with Crippen molar-refractivity contribution in [2.24, 2.45) is 109 Å². The lowest BCUT2D eigenvalue weighted by Gasteiger charge is -2.68. The lowest BCUT2D eigenvalue weighted by molar-refractivity contribution is -0.220. The van der Waals surface area contributed by atoms with Gasteiger partial charge in [-0.15, -0.1) is 0 Å². The zero-order chi connectivity index (χ0) is 56.4. The molecule has 14 rings (SSSR count). The van der Waals surface area contributed by atoms with Crippen molar-refractivity contribution >= 4 is 33.3 Å². The summed E-state index contributed by atoms with van der Waals surface area (Å²) in [6, 6.07) is 0.128. The molecule has 81 heavy (non-hydrogen) atoms. The van der Waals surface area contributed by atoms with E-state index in [1.165, 1.54) is 44.1 Å². The molecule has 0 unspecified atom stereocenters. The smallest absolute Gasteiger partial charge is 0.190 e. The highest BCUT2D eigenvalue weighted by molar-refractivity contribution is 8.77. The van der Waals surface area contributed by atoms with E-state index in [0.717, 1.165) is 95.6 Å². The number of hydrogen-bond donors (Lipinski definition) is 9. The van der Waals surface area contributed by atoms with Gasteiger partial charge in [-0.25, -0.2) is 4.98 Å². The minimum Gasteiger partial charge on any atom is -0.396 e. The number of rotatable bonds is 7. The van der Waals surface area contributed by atoms with Crippen molar-refractivity contribution in [2.75, 3.05) is 32.5 Å². The average molecular weight is 1150 g/mol. The number of fused-ring (bicyclic) bond motifs is 12. The van der Waals surface area contributed by atoms with Crippen LogP contribution < -0.4 is 16.4 Å². The summed E-state index contributed by atoms with van der Waals surface area (Å²) in [5.41, 5.74) is 10.1. The molecule has 1 saturated heterocycles. The number of nitrogens with one attached hydrogen (secondary N) is 2. The largest absolute Gasteiger partial charge is 0.396 e. The van der Waals surface area contributed by atoms with E-state index in [-0.39, 0.29) is 101 Å². The second kappa shape index (κ2) is 20.2. The first-order valence-corrected chi connectivity index (χ1v) is 35.0. The monoisotopic (exact) mass is 1150 g/mol. The molecular weight excluding hydrogens is 1050 g/mol. The maximum atomic E-state index is 16.0. The molecule has 0 radical (unpaired) electrons. The summed E-state index contributed by atoms with van der Waals surface area (Å²) in [4.78, 5) is 25.8. The number of guanidine groups is 1. The number of aliphatic hydroxyl groups excluding tert-OH is 5. The number of allylic oxidation sites excluding steroid dienone is 3. The highest BCUT2D eigenvalue weighted by atomic mass is 33.1. The molecule has 0 aromatic carbocycles. The van der Waals surface area contributed by atoms with Crippen LogP contribution in [0.2, 0.25) is 0 Å². The van der Waals surface area contributed by atoms with Gasteiger partial charge in [0.25, 0.3) is 0 Å². The molecule has 15 heteroatoms. The standard InChI is InChI=1S/C66H98N6O7S2/c1-36(74)71-59(67)70-32-42-44-17-16-39-38-13-10-14-40-50(38)52-56(41-15-11-20-62(53(40)41)18-6-7-19-62)60(2,3)29-37(72-26-25-69-35-72)33-80-81-65(24-12-23-63(65)21-8-9-22-63)49-28-45(51(39)58(52)78)64(44,34-73)66(49,79)46-27-47(75)55-43(31-68-5)57(77)48(76)30-61(55,4)54(42)46/h25-27,35-39,42-45,48-49,51-55,57-58,68,73-74,76-79H,6-24,28-34H2,1-5H3,(H3,67,70,71)/t36-,37+,38+,39+,42+,43+,44+,45-,48+,49-,51+,52-,53+,54+,55+,57-,58+,61-,64-,65-,66+/m1/s1. The number of hydrogen-bond acceptors (Lipinski definition) is 12. The Bertz CT molecular complexity index is 2750. The fourth-order valence-electron chi connectivity index (χ4n) is 25.1. The Balaban J connectivity index is 1.05. The topological polar surface area (TPSA) is 219 Å². The van der Waals surface area contributed by atoms with E-state index in [0.29, 0.717) is 24.5 Å². The molecule has 12 aliphatic carbocycles. The van der Waals surface area contributed by atoms with Crippen LogP contribution in [0.5, 0.6) is 0 Å². The van der Waals surface area contributed by atoms with Gasteiger partial charge < -0.3 is 51.6 Å². The molecule has 1 aromatic heterocycles. The Morgan fingerprint density at radius 3 is 2.37 bits per heavy atom. The Hall–Kier alpha value is -2.21. The zero-order valence-corrected chi connectivity index (χ0v) is 51.0. The number of nitrogens with zero attached hydrogens (tertiary/aromatic N) is 3. The summed E-state index contributed by atoms with van der Waals surface area (Å²) < 4.78 is 1.95. The third-order valence-electron chi connectivity index (χ3n) is 27.1. The molecular formula is C66H98N6O7S2. The second-order valence-corrected chi connectivity index (χ2v) is 33.2. The quantitative estimate of drug-likeness (QED) is 0.0410. The van der Waals surface area contributed by atoms with Gasteiger partial charge in [0, 0.05) is 77.0 Å². The van der Waals surface area contributed by atoms with Crippen LogP contribution in [0.4, 0.5) is 0 Å². The average Bonchev–Trinajstić information content (AvgIpc) is 1.97. The molecule has 1 aliphatic heterocycles. The van der Waals surface area contributed by atoms with Crippen molar-refractivity contribution in [1.82, 2.24) is 20.2 Å². The lowest BCUT2D eigenvalue weighted by Crippen LogP contribution is -2.72. The number of ketones is 1. The Labute approximate surface area is 490 Å². The fraction of sp³-hybridized carbons (Fsp3) is 0.833. The molecule has 10 fully saturated rings. The SMILES string of the molecule is CNC[C@@H]1[C@@H](O)[C@@H](O)C[C@@]2(C)[C@@H]1C(=O)C=C1[C@@H]2[C@@H](CN=C(N)N[C@@H](C)O)[C@@H]2CC[C@@H]3[C@@H]4[C@H](O)[C@@H]5C6=C(CCC[C@H]63)[C@H]3C(=C5C(C)(C)C[C@H](n5ccnc5)CSS[C@]5(CCCC56CCCC6)[C@H]5C[C@H]4[C@]2(CO)[C@]15O)CCCC31CCCC1. The highest BCUT2D eigenvalue weighted by Gasteiger charge is 2.83. The summed E-state index contributed by atoms with van der Waals surface area (Å²) in [6.45, 7) is 9.16. The predicted octanol–water partition coefficient (Wildman–Crippen LogP) is 9.05. The zero-order valence-electron chi connectivity index (χ0n) is 49.3. The van der Waals surface area contributed by atoms with E-state index in [1.54, 1.807) is 23.6 Å². The first kappa shape index (κ1) is 56.6. The number of nitrogens with two attached hydrogens (primary N) is 1. The van der Waals surface area contributed by atoms with E-state index in [4.69, 9.17) is 15.7 Å². The minimum absolute atomic E-state index is 0.0695. The van der Waals surface area contributed by atoms with Crippen LogP contribution in [-0.2, 0) is 4.79 Å². The molecule has 10 N–H and O–H groups in total. The van der Waals surface area contributed by atoms with Gasteiger partial charge in [-0.3, -0.25) is 9.79 Å². The molecule has 21 atom stereocenters. The molecule has 0 amide bonds. The number of aliphatic hydroxyl groups is 6. The van der Waals surface area contributed by atoms with Crippen molar-refractivity contribution in [3.63, 3.8) is 0 Å². The number of carbonyl (C=O) groups is 1. The Morgan fingerprint density at radius 1 is 0.901 bits per heavy atom. The van der Waals surface area contributed by atoms with E-state index >= 15 is 9.90 Å². The van der Waals surface area contributed by atoms with Crippen molar-refractivity contribution in [3.05, 3.63) is 52.7 Å². The van der Waals surface area contributed by atoms with Crippen molar-refractivity contribution in [1.29, 1.82) is 0 Å². The number of aliphatic imine (C=N–C) groups is 1. The van der Waals surface area contributed by atoms with Crippen molar-refractivity contribution in [3.8, 4) is 0 Å². The van der Waals surface area contributed by atoms with Gasteiger partial charge in [0.1, 0.15) is 6.23 Å². The van der Waals surface area contributed by atoms with Gasteiger partial charge in [-0.2, -0.15) is 0 Å². The van der Waals surface area contributed by atoms with E-state index in [9.17, 15) is 25.5 Å². The summed E-state index contributed by atoms with van der Waals surface area (Å²) in [6.07, 6.45) is 27.1. The predicted molar refractivity (Wildman–Crippen MR) is 319 cm³/mol. The second-order valence-electron chi connectivity index (χ2n) is 30.5. The highest BCUT2D eigenvalue weighted by Crippen LogP contribution is 2.82. The molecule has 9 saturated carbocycles. The summed E-state index contributed by atoms with van der Waals surface area (Å²) in [5, 5.41) is 85.3. The maximum absolute atomic E-state index is 16.0.